The fraction of sp³-hybridized carbons (Fsp3) is 0.111. The molecule has 1 heterocycles. The minimum absolute atomic E-state index is 0. The number of para-hydroxylation sites is 1. The van der Waals surface area contributed by atoms with Crippen LogP contribution >= 0.6 is 0 Å². The molecule has 1 aliphatic rings. The second-order valence-corrected chi connectivity index (χ2v) is 2.30. The van der Waals surface area contributed by atoms with Gasteiger partial charge in [0.1, 0.15) is 5.75 Å². The molecular weight excluding hydrogens is 482 g/mol. The van der Waals surface area contributed by atoms with E-state index in [-0.39, 0.29) is 127 Å². The molecule has 1 aromatic rings. The van der Waals surface area contributed by atoms with E-state index < -0.39 is 0 Å². The van der Waals surface area contributed by atoms with Gasteiger partial charge in [0.2, 0.25) is 0 Å². The van der Waals surface area contributed by atoms with Crippen LogP contribution in [0.3, 0.4) is 0 Å². The summed E-state index contributed by atoms with van der Waals surface area (Å²) in [5.74, 6) is 0.991. The second-order valence-electron chi connectivity index (χ2n) is 2.30. The van der Waals surface area contributed by atoms with Gasteiger partial charge in [0.15, 0.2) is 0 Å². The normalized spacial score (nSPS) is 7.78. The van der Waals surface area contributed by atoms with Crippen molar-refractivity contribution < 1.29 is 86.3 Å². The van der Waals surface area contributed by atoms with Gasteiger partial charge in [-0.05, 0) is 24.1 Å². The predicted octanol–water partition coefficient (Wildman–Crippen LogP) is 1.16. The summed E-state index contributed by atoms with van der Waals surface area (Å²) in [6.45, 7) is 0. The van der Waals surface area contributed by atoms with Crippen molar-refractivity contribution in [3.05, 3.63) is 42.2 Å². The van der Waals surface area contributed by atoms with Crippen LogP contribution in [0.5, 0.6) is 5.75 Å². The summed E-state index contributed by atoms with van der Waals surface area (Å²) in [5.41, 5.74) is 1.27. The van der Waals surface area contributed by atoms with E-state index in [9.17, 15) is 0 Å². The van der Waals surface area contributed by atoms with Gasteiger partial charge >= 0.3 is 99.6 Å². The van der Waals surface area contributed by atoms with E-state index in [1.54, 1.807) is 6.26 Å². The minimum atomic E-state index is 0. The van der Waals surface area contributed by atoms with Gasteiger partial charge < -0.3 is 32.1 Å². The number of ether oxygens (including phenoxy) is 1. The first kappa shape index (κ1) is 42.7. The van der Waals surface area contributed by atoms with E-state index in [0.717, 1.165) is 12.2 Å². The minimum Gasteiger partial charge on any atom is -2.00 e. The first-order valence-electron chi connectivity index (χ1n) is 3.36. The standard InChI is InChI=1S/C9H8O.La.5O.Sr.V/c1-2-6-9-8(4-1)5-3-7-10-9;;;;;;;;/h1-4,6-7H,5H2;;;;;;;;/q;+3;5*-2;+2;+5. The zero-order chi connectivity index (χ0) is 6.81. The third-order valence-corrected chi connectivity index (χ3v) is 1.60. The summed E-state index contributed by atoms with van der Waals surface area (Å²) in [6.07, 6.45) is 4.75. The molecule has 0 saturated carbocycles. The zero-order valence-electron chi connectivity index (χ0n) is 9.35. The Bertz CT molecular complexity index is 263. The number of hydrogen-bond acceptors (Lipinski definition) is 1. The number of benzene rings is 1. The molecule has 1 aliphatic heterocycles. The van der Waals surface area contributed by atoms with Gasteiger partial charge in [-0.25, -0.2) is 0 Å². The van der Waals surface area contributed by atoms with Gasteiger partial charge in [-0.15, -0.1) is 0 Å². The third-order valence-electron chi connectivity index (χ3n) is 1.60. The van der Waals surface area contributed by atoms with Crippen molar-refractivity contribution in [2.45, 2.75) is 6.42 Å². The average molecular weight is 490 g/mol. The Balaban J connectivity index is -0.0000000302. The Labute approximate surface area is 183 Å². The molecule has 9 heteroatoms. The Morgan fingerprint density at radius 3 is 1.89 bits per heavy atom. The molecule has 0 aliphatic carbocycles. The summed E-state index contributed by atoms with van der Waals surface area (Å²) in [5, 5.41) is 0. The van der Waals surface area contributed by atoms with Crippen LogP contribution in [-0.2, 0) is 52.4 Å². The fourth-order valence-electron chi connectivity index (χ4n) is 1.08. The molecule has 18 heavy (non-hydrogen) atoms. The molecule has 6 nitrogen and oxygen atoms in total. The molecule has 0 spiro atoms. The van der Waals surface area contributed by atoms with E-state index in [1.165, 1.54) is 5.56 Å². The smallest absolute Gasteiger partial charge is 2.00 e. The molecule has 0 radical (unpaired) electrons. The van der Waals surface area contributed by atoms with Crippen LogP contribution in [0.1, 0.15) is 5.56 Å². The summed E-state index contributed by atoms with van der Waals surface area (Å²) >= 11 is 0. The Kier molecular flexibility index (Phi) is 56.7. The Hall–Kier alpha value is 1.82. The Morgan fingerprint density at radius 2 is 1.39 bits per heavy atom. The van der Waals surface area contributed by atoms with Crippen molar-refractivity contribution in [3.63, 3.8) is 0 Å². The van der Waals surface area contributed by atoms with Crippen molar-refractivity contribution in [1.29, 1.82) is 0 Å². The summed E-state index contributed by atoms with van der Waals surface area (Å²) in [6, 6.07) is 8.08. The van der Waals surface area contributed by atoms with Gasteiger partial charge in [0.25, 0.3) is 0 Å². The van der Waals surface area contributed by atoms with E-state index in [0.29, 0.717) is 0 Å². The van der Waals surface area contributed by atoms with Gasteiger partial charge in [0.05, 0.1) is 6.26 Å². The Morgan fingerprint density at radius 1 is 0.889 bits per heavy atom. The molecule has 1 aromatic carbocycles. The van der Waals surface area contributed by atoms with Crippen LogP contribution in [0.2, 0.25) is 0 Å². The number of fused-ring (bicyclic) bond motifs is 1. The van der Waals surface area contributed by atoms with Crippen LogP contribution in [0.15, 0.2) is 36.6 Å². The molecule has 0 fully saturated rings. The van der Waals surface area contributed by atoms with Crippen molar-refractivity contribution in [2.24, 2.45) is 0 Å². The topological polar surface area (TPSA) is 152 Å². The van der Waals surface area contributed by atoms with Crippen LogP contribution in [0, 0.1) is 35.6 Å². The summed E-state index contributed by atoms with van der Waals surface area (Å²) in [4.78, 5) is 0. The van der Waals surface area contributed by atoms with Crippen LogP contribution < -0.4 is 4.74 Å². The molecule has 0 aromatic heterocycles. The van der Waals surface area contributed by atoms with Crippen molar-refractivity contribution in [1.82, 2.24) is 0 Å². The monoisotopic (exact) mass is 490 g/mol. The molecule has 0 saturated heterocycles. The van der Waals surface area contributed by atoms with Gasteiger partial charge in [-0.1, -0.05) is 18.2 Å². The maximum Gasteiger partial charge on any atom is 5.00 e. The van der Waals surface area contributed by atoms with Crippen molar-refractivity contribution >= 4 is 45.5 Å². The predicted molar refractivity (Wildman–Crippen MR) is 49.1 cm³/mol. The number of hydrogen-bond donors (Lipinski definition) is 0. The van der Waals surface area contributed by atoms with Gasteiger partial charge in [-0.2, -0.15) is 0 Å². The SMILES string of the molecule is C1=COc2ccccc2C1.[La+3].[O-2].[O-2].[O-2].[O-2].[O-2].[Sr+2].[V+5]. The molecule has 90 valence electrons. The summed E-state index contributed by atoms with van der Waals surface area (Å²) in [7, 11) is 0. The first-order valence-corrected chi connectivity index (χ1v) is 3.36. The number of allylic oxidation sites excluding steroid dienone is 1. The molecular formula is C9H8LaO6SrV. The van der Waals surface area contributed by atoms with Crippen LogP contribution in [-0.4, -0.2) is 45.5 Å². The van der Waals surface area contributed by atoms with E-state index >= 15 is 0 Å². The van der Waals surface area contributed by atoms with Crippen LogP contribution in [0.25, 0.3) is 0 Å². The molecule has 0 bridgehead atoms. The molecule has 0 unspecified atom stereocenters. The molecule has 0 amide bonds. The zero-order valence-corrected chi connectivity index (χ0v) is 17.9. The average Bonchev–Trinajstić information content (AvgIpc) is 2.05. The molecule has 0 N–H and O–H groups in total. The molecule has 2 rings (SSSR count). The van der Waals surface area contributed by atoms with Crippen molar-refractivity contribution in [3.8, 4) is 5.75 Å². The van der Waals surface area contributed by atoms with E-state index in [2.05, 4.69) is 6.07 Å². The third kappa shape index (κ3) is 12.8. The van der Waals surface area contributed by atoms with Gasteiger partial charge in [-0.3, -0.25) is 0 Å². The largest absolute Gasteiger partial charge is 5.00 e. The quantitative estimate of drug-likeness (QED) is 0.493. The molecule has 0 atom stereocenters. The van der Waals surface area contributed by atoms with E-state index in [4.69, 9.17) is 4.74 Å². The van der Waals surface area contributed by atoms with Crippen molar-refractivity contribution in [2.75, 3.05) is 0 Å². The fourth-order valence-corrected chi connectivity index (χ4v) is 1.08. The maximum absolute atomic E-state index is 5.24. The van der Waals surface area contributed by atoms with E-state index in [1.807, 2.05) is 24.3 Å². The maximum atomic E-state index is 5.24. The number of rotatable bonds is 0. The second kappa shape index (κ2) is 23.9. The summed E-state index contributed by atoms with van der Waals surface area (Å²) < 4.78 is 5.24. The van der Waals surface area contributed by atoms with Gasteiger partial charge in [0, 0.05) is 0 Å². The van der Waals surface area contributed by atoms with Crippen LogP contribution in [0.4, 0.5) is 0 Å². The first-order chi connectivity index (χ1) is 4.97.